The molecular formula is C18H30N6O4. The molecule has 28 heavy (non-hydrogen) atoms. The van der Waals surface area contributed by atoms with Gasteiger partial charge in [-0.05, 0) is 53.9 Å². The first-order valence-corrected chi connectivity index (χ1v) is 9.35. The largest absolute Gasteiger partial charge is 0.444 e. The van der Waals surface area contributed by atoms with Crippen LogP contribution in [0.1, 0.15) is 48.0 Å². The van der Waals surface area contributed by atoms with Crippen LogP contribution < -0.4 is 10.6 Å². The SMILES string of the molecule is CC(C)(C)Nc1ncc([N+](=O)[O-])c(NCC2CCN(C(=O)OC(C)(C)C)C2)n1. The Hall–Kier alpha value is -2.65. The van der Waals surface area contributed by atoms with Crippen molar-refractivity contribution >= 4 is 23.5 Å². The molecule has 2 N–H and O–H groups in total. The average Bonchev–Trinajstić information content (AvgIpc) is 2.98. The molecule has 0 spiro atoms. The second-order valence-electron chi connectivity index (χ2n) is 9.02. The normalized spacial score (nSPS) is 17.4. The summed E-state index contributed by atoms with van der Waals surface area (Å²) in [7, 11) is 0. The third-order valence-corrected chi connectivity index (χ3v) is 3.95. The third kappa shape index (κ3) is 6.50. The van der Waals surface area contributed by atoms with E-state index >= 15 is 0 Å². The first-order valence-electron chi connectivity index (χ1n) is 9.35. The van der Waals surface area contributed by atoms with E-state index in [1.807, 2.05) is 41.5 Å². The van der Waals surface area contributed by atoms with Gasteiger partial charge in [-0.15, -0.1) is 0 Å². The van der Waals surface area contributed by atoms with Gasteiger partial charge >= 0.3 is 11.8 Å². The lowest BCUT2D eigenvalue weighted by Crippen LogP contribution is -2.35. The molecule has 1 aromatic rings. The van der Waals surface area contributed by atoms with Gasteiger partial charge in [0.05, 0.1) is 4.92 Å². The highest BCUT2D eigenvalue weighted by Crippen LogP contribution is 2.25. The number of nitrogens with one attached hydrogen (secondary N) is 2. The number of hydrogen-bond acceptors (Lipinski definition) is 8. The molecular weight excluding hydrogens is 364 g/mol. The number of rotatable bonds is 5. The van der Waals surface area contributed by atoms with Crippen molar-refractivity contribution in [2.24, 2.45) is 5.92 Å². The van der Waals surface area contributed by atoms with E-state index in [1.165, 1.54) is 6.20 Å². The summed E-state index contributed by atoms with van der Waals surface area (Å²) in [6.45, 7) is 13.0. The lowest BCUT2D eigenvalue weighted by atomic mass is 10.1. The van der Waals surface area contributed by atoms with Crippen molar-refractivity contribution in [2.45, 2.75) is 59.1 Å². The molecule has 0 aromatic carbocycles. The van der Waals surface area contributed by atoms with Crippen LogP contribution in [0.15, 0.2) is 6.20 Å². The van der Waals surface area contributed by atoms with Gasteiger partial charge in [0.25, 0.3) is 0 Å². The fourth-order valence-corrected chi connectivity index (χ4v) is 2.77. The minimum atomic E-state index is -0.536. The van der Waals surface area contributed by atoms with Crippen molar-refractivity contribution in [3.8, 4) is 0 Å². The van der Waals surface area contributed by atoms with Crippen LogP contribution in [0.4, 0.5) is 22.2 Å². The summed E-state index contributed by atoms with van der Waals surface area (Å²) < 4.78 is 5.39. The molecule has 1 saturated heterocycles. The van der Waals surface area contributed by atoms with Gasteiger partial charge in [0.2, 0.25) is 11.8 Å². The van der Waals surface area contributed by atoms with Crippen molar-refractivity contribution in [2.75, 3.05) is 30.3 Å². The van der Waals surface area contributed by atoms with Crippen LogP contribution in [0.25, 0.3) is 0 Å². The number of nitro groups is 1. The molecule has 2 rings (SSSR count). The minimum absolute atomic E-state index is 0.154. The topological polar surface area (TPSA) is 123 Å². The van der Waals surface area contributed by atoms with Crippen LogP contribution in [-0.2, 0) is 4.74 Å². The molecule has 0 radical (unpaired) electrons. The Morgan fingerprint density at radius 2 is 2.04 bits per heavy atom. The van der Waals surface area contributed by atoms with Gasteiger partial charge in [0.15, 0.2) is 0 Å². The molecule has 1 aliphatic rings. The number of ether oxygens (including phenoxy) is 1. The standard InChI is InChI=1S/C18H30N6O4/c1-17(2,3)22-15-20-10-13(24(26)27)14(21-15)19-9-12-7-8-23(11-12)16(25)28-18(4,5)6/h10,12H,7-9,11H2,1-6H3,(H2,19,20,21,22). The quantitative estimate of drug-likeness (QED) is 0.576. The number of hydrogen-bond donors (Lipinski definition) is 2. The minimum Gasteiger partial charge on any atom is -0.444 e. The summed E-state index contributed by atoms with van der Waals surface area (Å²) in [4.78, 5) is 32.9. The molecule has 1 aliphatic heterocycles. The monoisotopic (exact) mass is 394 g/mol. The molecule has 10 heteroatoms. The summed E-state index contributed by atoms with van der Waals surface area (Å²) in [5, 5.41) is 17.4. The fourth-order valence-electron chi connectivity index (χ4n) is 2.77. The van der Waals surface area contributed by atoms with Crippen LogP contribution >= 0.6 is 0 Å². The van der Waals surface area contributed by atoms with E-state index < -0.39 is 10.5 Å². The van der Waals surface area contributed by atoms with E-state index in [4.69, 9.17) is 4.74 Å². The second-order valence-corrected chi connectivity index (χ2v) is 9.02. The van der Waals surface area contributed by atoms with Crippen molar-refractivity contribution < 1.29 is 14.5 Å². The Morgan fingerprint density at radius 3 is 2.61 bits per heavy atom. The Bertz CT molecular complexity index is 726. The van der Waals surface area contributed by atoms with E-state index in [-0.39, 0.29) is 29.1 Å². The zero-order valence-electron chi connectivity index (χ0n) is 17.4. The lowest BCUT2D eigenvalue weighted by molar-refractivity contribution is -0.384. The third-order valence-electron chi connectivity index (χ3n) is 3.95. The number of carbonyl (C=O) groups is 1. The Balaban J connectivity index is 2.00. The molecule has 1 amide bonds. The predicted molar refractivity (Wildman–Crippen MR) is 106 cm³/mol. The van der Waals surface area contributed by atoms with Crippen LogP contribution in [0.5, 0.6) is 0 Å². The maximum absolute atomic E-state index is 12.2. The highest BCUT2D eigenvalue weighted by atomic mass is 16.6. The van der Waals surface area contributed by atoms with Crippen molar-refractivity contribution in [1.82, 2.24) is 14.9 Å². The maximum atomic E-state index is 12.2. The van der Waals surface area contributed by atoms with Gasteiger partial charge in [-0.1, -0.05) is 0 Å². The average molecular weight is 394 g/mol. The Kier molecular flexibility index (Phi) is 6.30. The van der Waals surface area contributed by atoms with E-state index in [1.54, 1.807) is 4.90 Å². The fraction of sp³-hybridized carbons (Fsp3) is 0.722. The van der Waals surface area contributed by atoms with Gasteiger partial charge in [-0.3, -0.25) is 10.1 Å². The first kappa shape index (κ1) is 21.6. The molecule has 1 atom stereocenters. The molecule has 1 fully saturated rings. The molecule has 2 heterocycles. The maximum Gasteiger partial charge on any atom is 0.410 e. The van der Waals surface area contributed by atoms with Crippen molar-refractivity contribution in [3.05, 3.63) is 16.3 Å². The van der Waals surface area contributed by atoms with Crippen molar-refractivity contribution in [3.63, 3.8) is 0 Å². The van der Waals surface area contributed by atoms with Gasteiger partial charge < -0.3 is 20.3 Å². The van der Waals surface area contributed by atoms with E-state index in [0.717, 1.165) is 6.42 Å². The summed E-state index contributed by atoms with van der Waals surface area (Å²) in [5.41, 5.74) is -0.987. The predicted octanol–water partition coefficient (Wildman–Crippen LogP) is 3.26. The van der Waals surface area contributed by atoms with Gasteiger partial charge in [0.1, 0.15) is 11.8 Å². The second kappa shape index (κ2) is 8.15. The molecule has 10 nitrogen and oxygen atoms in total. The van der Waals surface area contributed by atoms with E-state index in [0.29, 0.717) is 25.6 Å². The summed E-state index contributed by atoms with van der Waals surface area (Å²) >= 11 is 0. The van der Waals surface area contributed by atoms with Gasteiger partial charge in [-0.25, -0.2) is 9.78 Å². The summed E-state index contributed by atoms with van der Waals surface area (Å²) in [5.74, 6) is 0.644. The Morgan fingerprint density at radius 1 is 1.36 bits per heavy atom. The van der Waals surface area contributed by atoms with E-state index in [9.17, 15) is 14.9 Å². The molecule has 1 unspecified atom stereocenters. The van der Waals surface area contributed by atoms with Crippen LogP contribution in [-0.4, -0.2) is 56.7 Å². The van der Waals surface area contributed by atoms with Gasteiger partial charge in [-0.2, -0.15) is 4.98 Å². The first-order chi connectivity index (χ1) is 12.8. The lowest BCUT2D eigenvalue weighted by Gasteiger charge is -2.24. The summed E-state index contributed by atoms with van der Waals surface area (Å²) in [6.07, 6.45) is 1.66. The zero-order chi connectivity index (χ0) is 21.1. The molecule has 1 aromatic heterocycles. The highest BCUT2D eigenvalue weighted by molar-refractivity contribution is 5.68. The highest BCUT2D eigenvalue weighted by Gasteiger charge is 2.30. The van der Waals surface area contributed by atoms with Crippen LogP contribution in [0, 0.1) is 16.0 Å². The van der Waals surface area contributed by atoms with Crippen LogP contribution in [0.3, 0.4) is 0 Å². The molecule has 156 valence electrons. The number of carbonyl (C=O) groups excluding carboxylic acids is 1. The number of likely N-dealkylation sites (tertiary alicyclic amines) is 1. The van der Waals surface area contributed by atoms with Crippen molar-refractivity contribution in [1.29, 1.82) is 0 Å². The number of anilines is 2. The van der Waals surface area contributed by atoms with E-state index in [2.05, 4.69) is 20.6 Å². The molecule has 0 bridgehead atoms. The zero-order valence-corrected chi connectivity index (χ0v) is 17.4. The number of aromatic nitrogens is 2. The molecule has 0 aliphatic carbocycles. The Labute approximate surface area is 165 Å². The number of amides is 1. The van der Waals surface area contributed by atoms with Crippen LogP contribution in [0.2, 0.25) is 0 Å². The smallest absolute Gasteiger partial charge is 0.410 e. The number of nitrogens with zero attached hydrogens (tertiary/aromatic N) is 4. The van der Waals surface area contributed by atoms with Gasteiger partial charge in [0, 0.05) is 25.2 Å². The summed E-state index contributed by atoms with van der Waals surface area (Å²) in [6, 6.07) is 0. The molecule has 0 saturated carbocycles.